The summed E-state index contributed by atoms with van der Waals surface area (Å²) in [6.07, 6.45) is 1.76. The van der Waals surface area contributed by atoms with Gasteiger partial charge in [-0.05, 0) is 35.9 Å². The zero-order chi connectivity index (χ0) is 16.2. The van der Waals surface area contributed by atoms with Crippen LogP contribution in [0, 0.1) is 11.3 Å². The molecule has 0 unspecified atom stereocenters. The van der Waals surface area contributed by atoms with Crippen LogP contribution in [0.4, 0.5) is 0 Å². The van der Waals surface area contributed by atoms with E-state index in [0.717, 1.165) is 15.8 Å². The Bertz CT molecular complexity index is 901. The van der Waals surface area contributed by atoms with Crippen LogP contribution in [0.3, 0.4) is 0 Å². The molecular formula is C18H12N2O2S. The Hall–Kier alpha value is -2.97. The molecule has 23 heavy (non-hydrogen) atoms. The van der Waals surface area contributed by atoms with E-state index in [1.165, 1.54) is 18.4 Å². The number of methoxy groups -OCH3 is 1. The third-order valence-corrected chi connectivity index (χ3v) is 4.36. The van der Waals surface area contributed by atoms with Gasteiger partial charge >= 0.3 is 5.97 Å². The highest BCUT2D eigenvalue weighted by Crippen LogP contribution is 2.27. The van der Waals surface area contributed by atoms with Crippen LogP contribution in [0.25, 0.3) is 21.9 Å². The summed E-state index contributed by atoms with van der Waals surface area (Å²) in [6, 6.07) is 16.9. The number of ether oxygens (including phenoxy) is 1. The minimum absolute atomic E-state index is 0.382. The van der Waals surface area contributed by atoms with Crippen molar-refractivity contribution in [2.45, 2.75) is 0 Å². The minimum atomic E-state index is -0.382. The Morgan fingerprint density at radius 1 is 1.22 bits per heavy atom. The van der Waals surface area contributed by atoms with E-state index >= 15 is 0 Å². The number of aromatic nitrogens is 1. The highest BCUT2D eigenvalue weighted by molar-refractivity contribution is 7.19. The fraction of sp³-hybridized carbons (Fsp3) is 0.0556. The van der Waals surface area contributed by atoms with Gasteiger partial charge in [-0.15, -0.1) is 11.3 Å². The number of esters is 1. The molecule has 3 rings (SSSR count). The fourth-order valence-electron chi connectivity index (χ4n) is 2.13. The molecule has 0 fully saturated rings. The Balaban J connectivity index is 1.95. The summed E-state index contributed by atoms with van der Waals surface area (Å²) in [4.78, 5) is 15.9. The smallest absolute Gasteiger partial charge is 0.337 e. The number of benzene rings is 2. The number of carbonyl (C=O) groups is 1. The van der Waals surface area contributed by atoms with E-state index in [2.05, 4.69) is 15.8 Å². The summed E-state index contributed by atoms with van der Waals surface area (Å²) in [5.74, 6) is -0.382. The zero-order valence-corrected chi connectivity index (χ0v) is 13.1. The molecule has 3 aromatic rings. The van der Waals surface area contributed by atoms with Gasteiger partial charge in [-0.3, -0.25) is 0 Å². The number of nitriles is 1. The minimum Gasteiger partial charge on any atom is -0.465 e. The number of thiazole rings is 1. The van der Waals surface area contributed by atoms with Crippen LogP contribution in [0.5, 0.6) is 0 Å². The van der Waals surface area contributed by atoms with Crippen LogP contribution in [0.1, 0.15) is 20.9 Å². The first-order valence-electron chi connectivity index (χ1n) is 6.87. The molecule has 2 aromatic carbocycles. The van der Waals surface area contributed by atoms with E-state index < -0.39 is 0 Å². The summed E-state index contributed by atoms with van der Waals surface area (Å²) in [5, 5.41) is 10.1. The van der Waals surface area contributed by atoms with Gasteiger partial charge in [-0.25, -0.2) is 9.78 Å². The highest BCUT2D eigenvalue weighted by atomic mass is 32.1. The molecular weight excluding hydrogens is 308 g/mol. The number of hydrogen-bond donors (Lipinski definition) is 0. The highest BCUT2D eigenvalue weighted by Gasteiger charge is 2.09. The van der Waals surface area contributed by atoms with Gasteiger partial charge in [-0.2, -0.15) is 5.26 Å². The van der Waals surface area contributed by atoms with E-state index in [1.54, 1.807) is 30.3 Å². The fourth-order valence-corrected chi connectivity index (χ4v) is 3.06. The molecule has 0 aliphatic rings. The van der Waals surface area contributed by atoms with Crippen LogP contribution < -0.4 is 0 Å². The first kappa shape index (κ1) is 14.9. The van der Waals surface area contributed by atoms with Crippen molar-refractivity contribution in [2.75, 3.05) is 7.11 Å². The predicted molar refractivity (Wildman–Crippen MR) is 90.9 cm³/mol. The first-order valence-corrected chi connectivity index (χ1v) is 7.69. The molecule has 0 saturated heterocycles. The second-order valence-corrected chi connectivity index (χ2v) is 5.80. The molecule has 112 valence electrons. The van der Waals surface area contributed by atoms with Crippen molar-refractivity contribution in [1.82, 2.24) is 4.98 Å². The maximum atomic E-state index is 11.4. The van der Waals surface area contributed by atoms with Crippen LogP contribution in [-0.2, 0) is 4.74 Å². The number of rotatable bonds is 3. The molecule has 0 aliphatic heterocycles. The summed E-state index contributed by atoms with van der Waals surface area (Å²) in [6.45, 7) is 0. The summed E-state index contributed by atoms with van der Waals surface area (Å²) >= 11 is 1.48. The van der Waals surface area contributed by atoms with Crippen molar-refractivity contribution >= 4 is 39.2 Å². The lowest BCUT2D eigenvalue weighted by Gasteiger charge is -2.00. The average Bonchev–Trinajstić information content (AvgIpc) is 3.03. The summed E-state index contributed by atoms with van der Waals surface area (Å²) in [7, 11) is 1.34. The number of hydrogen-bond acceptors (Lipinski definition) is 5. The lowest BCUT2D eigenvalue weighted by Crippen LogP contribution is -2.00. The molecule has 0 aliphatic carbocycles. The number of fused-ring (bicyclic) bond motifs is 1. The average molecular weight is 320 g/mol. The van der Waals surface area contributed by atoms with Gasteiger partial charge in [0.05, 0.1) is 28.5 Å². The molecule has 0 saturated carbocycles. The molecule has 0 atom stereocenters. The molecule has 0 N–H and O–H groups in total. The van der Waals surface area contributed by atoms with Crippen molar-refractivity contribution in [1.29, 1.82) is 5.26 Å². The SMILES string of the molecule is COC(=O)c1ccc(/C=C(/C#N)c2nc3ccccc3s2)cc1. The number of carbonyl (C=O) groups excluding carboxylic acids is 1. The van der Waals surface area contributed by atoms with Gasteiger partial charge in [0.2, 0.25) is 0 Å². The van der Waals surface area contributed by atoms with E-state index in [9.17, 15) is 10.1 Å². The summed E-state index contributed by atoms with van der Waals surface area (Å²) < 4.78 is 5.71. The predicted octanol–water partition coefficient (Wildman–Crippen LogP) is 4.15. The third-order valence-electron chi connectivity index (χ3n) is 3.29. The molecule has 0 bridgehead atoms. The van der Waals surface area contributed by atoms with Gasteiger partial charge < -0.3 is 4.74 Å². The van der Waals surface area contributed by atoms with Crippen LogP contribution in [0.15, 0.2) is 48.5 Å². The Kier molecular flexibility index (Phi) is 4.18. The number of nitrogens with zero attached hydrogens (tertiary/aromatic N) is 2. The molecule has 0 radical (unpaired) electrons. The molecule has 1 heterocycles. The second kappa shape index (κ2) is 6.42. The van der Waals surface area contributed by atoms with Crippen molar-refractivity contribution in [3.63, 3.8) is 0 Å². The second-order valence-electron chi connectivity index (χ2n) is 4.77. The summed E-state index contributed by atoms with van der Waals surface area (Å²) in [5.41, 5.74) is 2.68. The van der Waals surface area contributed by atoms with E-state index in [-0.39, 0.29) is 5.97 Å². The van der Waals surface area contributed by atoms with Crippen molar-refractivity contribution in [3.8, 4) is 6.07 Å². The Morgan fingerprint density at radius 2 is 1.96 bits per heavy atom. The third kappa shape index (κ3) is 3.12. The Labute approximate surface area is 137 Å². The lowest BCUT2D eigenvalue weighted by molar-refractivity contribution is 0.0600. The van der Waals surface area contributed by atoms with Gasteiger partial charge in [0.15, 0.2) is 0 Å². The molecule has 0 spiro atoms. The maximum absolute atomic E-state index is 11.4. The Morgan fingerprint density at radius 3 is 2.61 bits per heavy atom. The van der Waals surface area contributed by atoms with Crippen LogP contribution in [0.2, 0.25) is 0 Å². The van der Waals surface area contributed by atoms with Gasteiger partial charge in [0.1, 0.15) is 11.1 Å². The van der Waals surface area contributed by atoms with Gasteiger partial charge in [0.25, 0.3) is 0 Å². The van der Waals surface area contributed by atoms with Crippen molar-refractivity contribution in [3.05, 3.63) is 64.7 Å². The standard InChI is InChI=1S/C18H12N2O2S/c1-22-18(21)13-8-6-12(7-9-13)10-14(11-19)17-20-15-4-2-3-5-16(15)23-17/h2-10H,1H3/b14-10-. The molecule has 5 heteroatoms. The van der Waals surface area contributed by atoms with Crippen LogP contribution in [-0.4, -0.2) is 18.1 Å². The quantitative estimate of drug-likeness (QED) is 0.537. The van der Waals surface area contributed by atoms with E-state index in [0.29, 0.717) is 16.1 Å². The van der Waals surface area contributed by atoms with E-state index in [4.69, 9.17) is 0 Å². The largest absolute Gasteiger partial charge is 0.465 e. The topological polar surface area (TPSA) is 63.0 Å². The molecule has 4 nitrogen and oxygen atoms in total. The number of para-hydroxylation sites is 1. The van der Waals surface area contributed by atoms with E-state index in [1.807, 2.05) is 24.3 Å². The lowest BCUT2D eigenvalue weighted by atomic mass is 10.1. The molecule has 1 aromatic heterocycles. The normalized spacial score (nSPS) is 11.2. The van der Waals surface area contributed by atoms with Crippen molar-refractivity contribution in [2.24, 2.45) is 0 Å². The maximum Gasteiger partial charge on any atom is 0.337 e. The van der Waals surface area contributed by atoms with Crippen molar-refractivity contribution < 1.29 is 9.53 Å². The molecule has 0 amide bonds. The zero-order valence-electron chi connectivity index (χ0n) is 12.3. The van der Waals surface area contributed by atoms with Gasteiger partial charge in [-0.1, -0.05) is 24.3 Å². The monoisotopic (exact) mass is 320 g/mol. The number of allylic oxidation sites excluding steroid dienone is 1. The van der Waals surface area contributed by atoms with Crippen LogP contribution >= 0.6 is 11.3 Å². The first-order chi connectivity index (χ1) is 11.2. The van der Waals surface area contributed by atoms with Gasteiger partial charge in [0, 0.05) is 0 Å².